The van der Waals surface area contributed by atoms with Crippen molar-refractivity contribution in [3.63, 3.8) is 0 Å². The number of nitrogens with zero attached hydrogens (tertiary/aromatic N) is 2. The third-order valence-electron chi connectivity index (χ3n) is 4.49. The number of rotatable bonds is 5. The number of H-pyrrole nitrogens is 1. The Morgan fingerprint density at radius 3 is 2.46 bits per heavy atom. The number of para-hydroxylation sites is 1. The first kappa shape index (κ1) is 20.4. The van der Waals surface area contributed by atoms with Gasteiger partial charge in [-0.3, -0.25) is 9.59 Å². The molecule has 150 valence electrons. The van der Waals surface area contributed by atoms with Gasteiger partial charge in [-0.2, -0.15) is 8.78 Å². The number of alkyl halides is 2. The van der Waals surface area contributed by atoms with E-state index in [1.807, 2.05) is 6.92 Å². The normalized spacial score (nSPS) is 14.4. The first-order valence-electron chi connectivity index (χ1n) is 8.64. The molecule has 6 nitrogen and oxygen atoms in total. The number of hydrogen-bond donors (Lipinski definition) is 1. The average molecular weight is 427 g/mol. The number of piperazine rings is 1. The number of thiazole rings is 1. The standard InChI is InChI=1S/C18H19F2N3O3S2/c1-11-14(28-18(27)21-11)10-15(24)22-6-8-23(9-7-22)16(25)12-4-2-3-5-13(12)26-17(19)20/h2-5,17H,6-10H2,1H3,(H,21,27). The van der Waals surface area contributed by atoms with Gasteiger partial charge in [0.2, 0.25) is 5.91 Å². The summed E-state index contributed by atoms with van der Waals surface area (Å²) in [6.45, 7) is 0.307. The van der Waals surface area contributed by atoms with Crippen LogP contribution in [0.15, 0.2) is 24.3 Å². The first-order valence-corrected chi connectivity index (χ1v) is 9.87. The predicted octanol–water partition coefficient (Wildman–Crippen LogP) is 3.24. The molecule has 0 saturated carbocycles. The minimum Gasteiger partial charge on any atom is -0.434 e. The minimum atomic E-state index is -3.00. The van der Waals surface area contributed by atoms with Crippen LogP contribution in [0.25, 0.3) is 0 Å². The summed E-state index contributed by atoms with van der Waals surface area (Å²) in [4.78, 5) is 32.4. The van der Waals surface area contributed by atoms with E-state index in [-0.39, 0.29) is 29.5 Å². The van der Waals surface area contributed by atoms with Gasteiger partial charge in [-0.25, -0.2) is 0 Å². The molecule has 1 saturated heterocycles. The molecular formula is C18H19F2N3O3S2. The highest BCUT2D eigenvalue weighted by molar-refractivity contribution is 7.73. The molecule has 2 amide bonds. The number of ether oxygens (including phenoxy) is 1. The predicted molar refractivity (Wildman–Crippen MR) is 104 cm³/mol. The van der Waals surface area contributed by atoms with Crippen molar-refractivity contribution in [2.75, 3.05) is 26.2 Å². The van der Waals surface area contributed by atoms with E-state index in [1.165, 1.54) is 29.5 Å². The molecule has 1 fully saturated rings. The lowest BCUT2D eigenvalue weighted by molar-refractivity contribution is -0.131. The van der Waals surface area contributed by atoms with Crippen molar-refractivity contribution >= 4 is 35.4 Å². The van der Waals surface area contributed by atoms with Gasteiger partial charge in [0.1, 0.15) is 5.75 Å². The van der Waals surface area contributed by atoms with Crippen LogP contribution in [-0.4, -0.2) is 59.4 Å². The number of nitrogens with one attached hydrogen (secondary N) is 1. The van der Waals surface area contributed by atoms with Crippen molar-refractivity contribution in [2.24, 2.45) is 0 Å². The van der Waals surface area contributed by atoms with Crippen molar-refractivity contribution in [2.45, 2.75) is 20.0 Å². The topological polar surface area (TPSA) is 65.6 Å². The number of aromatic amines is 1. The lowest BCUT2D eigenvalue weighted by atomic mass is 10.1. The number of benzene rings is 1. The SMILES string of the molecule is Cc1[nH]c(=S)sc1CC(=O)N1CCN(C(=O)c2ccccc2OC(F)F)CC1. The third-order valence-corrected chi connectivity index (χ3v) is 5.83. The summed E-state index contributed by atoms with van der Waals surface area (Å²) in [5.41, 5.74) is 0.984. The van der Waals surface area contributed by atoms with Gasteiger partial charge in [0.05, 0.1) is 12.0 Å². The van der Waals surface area contributed by atoms with Crippen LogP contribution in [0.4, 0.5) is 8.78 Å². The largest absolute Gasteiger partial charge is 0.434 e. The van der Waals surface area contributed by atoms with E-state index < -0.39 is 6.61 Å². The van der Waals surface area contributed by atoms with Gasteiger partial charge in [0.25, 0.3) is 5.91 Å². The smallest absolute Gasteiger partial charge is 0.387 e. The molecule has 10 heteroatoms. The molecule has 1 aliphatic rings. The molecule has 1 aliphatic heterocycles. The third kappa shape index (κ3) is 4.74. The summed E-state index contributed by atoms with van der Waals surface area (Å²) in [7, 11) is 0. The van der Waals surface area contributed by atoms with E-state index in [0.717, 1.165) is 10.6 Å². The average Bonchev–Trinajstić information content (AvgIpc) is 2.98. The highest BCUT2D eigenvalue weighted by Gasteiger charge is 2.27. The molecule has 2 aromatic rings. The van der Waals surface area contributed by atoms with Crippen molar-refractivity contribution < 1.29 is 23.1 Å². The van der Waals surface area contributed by atoms with Crippen molar-refractivity contribution in [1.82, 2.24) is 14.8 Å². The zero-order valence-electron chi connectivity index (χ0n) is 15.1. The molecule has 1 N–H and O–H groups in total. The number of aromatic nitrogens is 1. The number of amides is 2. The lowest BCUT2D eigenvalue weighted by Gasteiger charge is -2.35. The fraction of sp³-hybridized carbons (Fsp3) is 0.389. The highest BCUT2D eigenvalue weighted by Crippen LogP contribution is 2.23. The minimum absolute atomic E-state index is 0.0260. The number of halogens is 2. The Morgan fingerprint density at radius 2 is 1.86 bits per heavy atom. The van der Waals surface area contributed by atoms with Gasteiger partial charge in [-0.05, 0) is 31.3 Å². The van der Waals surface area contributed by atoms with E-state index in [0.29, 0.717) is 30.1 Å². The maximum absolute atomic E-state index is 12.7. The Balaban J connectivity index is 1.61. The summed E-state index contributed by atoms with van der Waals surface area (Å²) in [5, 5.41) is 0. The number of carbonyl (C=O) groups excluding carboxylic acids is 2. The molecule has 0 aliphatic carbocycles. The van der Waals surface area contributed by atoms with Crippen LogP contribution < -0.4 is 4.74 Å². The van der Waals surface area contributed by atoms with E-state index >= 15 is 0 Å². The van der Waals surface area contributed by atoms with Crippen LogP contribution in [-0.2, 0) is 11.2 Å². The molecule has 0 atom stereocenters. The molecule has 0 bridgehead atoms. The van der Waals surface area contributed by atoms with E-state index in [2.05, 4.69) is 9.72 Å². The summed E-state index contributed by atoms with van der Waals surface area (Å²) >= 11 is 6.48. The Bertz CT molecular complexity index is 921. The van der Waals surface area contributed by atoms with Gasteiger partial charge in [-0.1, -0.05) is 12.1 Å². The van der Waals surface area contributed by atoms with Gasteiger partial charge in [0, 0.05) is 36.8 Å². The fourth-order valence-electron chi connectivity index (χ4n) is 3.03. The Labute approximate surface area is 169 Å². The second kappa shape index (κ2) is 8.78. The maximum Gasteiger partial charge on any atom is 0.387 e. The van der Waals surface area contributed by atoms with Crippen molar-refractivity contribution in [3.05, 3.63) is 44.4 Å². The van der Waals surface area contributed by atoms with Crippen LogP contribution in [0.3, 0.4) is 0 Å². The first-order chi connectivity index (χ1) is 13.3. The summed E-state index contributed by atoms with van der Waals surface area (Å²) < 4.78 is 30.2. The summed E-state index contributed by atoms with van der Waals surface area (Å²) in [6, 6.07) is 5.93. The maximum atomic E-state index is 12.7. The highest BCUT2D eigenvalue weighted by atomic mass is 32.1. The molecule has 1 aromatic heterocycles. The molecule has 0 spiro atoms. The van der Waals surface area contributed by atoms with Crippen LogP contribution >= 0.6 is 23.6 Å². The van der Waals surface area contributed by atoms with Crippen LogP contribution in [0, 0.1) is 10.9 Å². The van der Waals surface area contributed by atoms with E-state index in [1.54, 1.807) is 15.9 Å². The number of carbonyl (C=O) groups is 2. The Hall–Kier alpha value is -2.33. The molecular weight excluding hydrogens is 408 g/mol. The van der Waals surface area contributed by atoms with E-state index in [4.69, 9.17) is 12.2 Å². The van der Waals surface area contributed by atoms with Gasteiger partial charge in [-0.15, -0.1) is 11.3 Å². The second-order valence-electron chi connectivity index (χ2n) is 6.29. The van der Waals surface area contributed by atoms with Gasteiger partial charge < -0.3 is 19.5 Å². The van der Waals surface area contributed by atoms with Crippen LogP contribution in [0.1, 0.15) is 20.9 Å². The fourth-order valence-corrected chi connectivity index (χ4v) is 4.31. The Kier molecular flexibility index (Phi) is 6.40. The molecule has 0 unspecified atom stereocenters. The van der Waals surface area contributed by atoms with Gasteiger partial charge >= 0.3 is 6.61 Å². The van der Waals surface area contributed by atoms with Gasteiger partial charge in [0.15, 0.2) is 3.95 Å². The zero-order valence-corrected chi connectivity index (χ0v) is 16.7. The summed E-state index contributed by atoms with van der Waals surface area (Å²) in [6.07, 6.45) is 0.267. The van der Waals surface area contributed by atoms with Crippen molar-refractivity contribution in [1.29, 1.82) is 0 Å². The zero-order chi connectivity index (χ0) is 20.3. The quantitative estimate of drug-likeness (QED) is 0.744. The number of hydrogen-bond acceptors (Lipinski definition) is 5. The number of aryl methyl sites for hydroxylation is 1. The molecule has 0 radical (unpaired) electrons. The van der Waals surface area contributed by atoms with E-state index in [9.17, 15) is 18.4 Å². The molecule has 28 heavy (non-hydrogen) atoms. The second-order valence-corrected chi connectivity index (χ2v) is 8.06. The molecule has 1 aromatic carbocycles. The lowest BCUT2D eigenvalue weighted by Crippen LogP contribution is -2.51. The van der Waals surface area contributed by atoms with Crippen LogP contribution in [0.5, 0.6) is 5.75 Å². The Morgan fingerprint density at radius 1 is 1.21 bits per heavy atom. The molecule has 2 heterocycles. The van der Waals surface area contributed by atoms with Crippen molar-refractivity contribution in [3.8, 4) is 5.75 Å². The molecule has 3 rings (SSSR count). The van der Waals surface area contributed by atoms with Crippen LogP contribution in [0.2, 0.25) is 0 Å². The monoisotopic (exact) mass is 427 g/mol. The summed E-state index contributed by atoms with van der Waals surface area (Å²) in [5.74, 6) is -0.560.